The molecule has 0 amide bonds. The maximum absolute atomic E-state index is 5.23. The highest BCUT2D eigenvalue weighted by Gasteiger charge is 1.96. The lowest BCUT2D eigenvalue weighted by Gasteiger charge is -2.02. The van der Waals surface area contributed by atoms with E-state index in [0.29, 0.717) is 12.5 Å². The zero-order valence-electron chi connectivity index (χ0n) is 7.90. The first kappa shape index (κ1) is 10.5. The maximum atomic E-state index is 5.23. The number of nitrogens with one attached hydrogen (secondary N) is 1. The van der Waals surface area contributed by atoms with Crippen LogP contribution in [0.5, 0.6) is 0 Å². The van der Waals surface area contributed by atoms with Gasteiger partial charge in [0, 0.05) is 11.9 Å². The molecule has 5 N–H and O–H groups in total. The van der Waals surface area contributed by atoms with Crippen LogP contribution in [0.3, 0.4) is 0 Å². The molecular weight excluding hydrogens is 198 g/mol. The highest BCUT2D eigenvalue weighted by Crippen LogP contribution is 2.07. The van der Waals surface area contributed by atoms with Crippen LogP contribution >= 0.6 is 11.3 Å². The topological polar surface area (TPSA) is 88.8 Å². The molecule has 14 heavy (non-hydrogen) atoms. The molecule has 0 unspecified atom stereocenters. The first-order valence-corrected chi connectivity index (χ1v) is 4.93. The summed E-state index contributed by atoms with van der Waals surface area (Å²) in [5, 5.41) is 5.03. The third-order valence-electron chi connectivity index (χ3n) is 1.45. The Morgan fingerprint density at radius 1 is 1.57 bits per heavy atom. The van der Waals surface area contributed by atoms with Gasteiger partial charge in [-0.2, -0.15) is 4.99 Å². The van der Waals surface area contributed by atoms with Crippen molar-refractivity contribution in [2.24, 2.45) is 21.5 Å². The predicted octanol–water partition coefficient (Wildman–Crippen LogP) is 0.0969. The summed E-state index contributed by atoms with van der Waals surface area (Å²) in [6.07, 6.45) is 0. The van der Waals surface area contributed by atoms with E-state index in [0.717, 1.165) is 0 Å². The van der Waals surface area contributed by atoms with Gasteiger partial charge in [0.25, 0.3) is 0 Å². The Morgan fingerprint density at radius 2 is 2.36 bits per heavy atom. The molecule has 0 bridgehead atoms. The molecule has 0 radical (unpaired) electrons. The molecule has 1 aromatic heterocycles. The van der Waals surface area contributed by atoms with Crippen molar-refractivity contribution >= 4 is 23.3 Å². The lowest BCUT2D eigenvalue weighted by atomic mass is 10.5. The van der Waals surface area contributed by atoms with Gasteiger partial charge in [0.05, 0.1) is 6.54 Å². The summed E-state index contributed by atoms with van der Waals surface area (Å²) in [5.41, 5.74) is 10.5. The highest BCUT2D eigenvalue weighted by atomic mass is 32.1. The van der Waals surface area contributed by atoms with Gasteiger partial charge in [0.1, 0.15) is 0 Å². The molecule has 6 heteroatoms. The van der Waals surface area contributed by atoms with Crippen molar-refractivity contribution in [3.05, 3.63) is 22.4 Å². The standard InChI is InChI=1S/C8H13N5S/c1-11-8(13-7(9)10)12-5-6-3-2-4-14-6/h2-4H,5H2,1H3,(H5,9,10,11,12,13). The van der Waals surface area contributed by atoms with E-state index >= 15 is 0 Å². The van der Waals surface area contributed by atoms with Gasteiger partial charge in [0.15, 0.2) is 5.96 Å². The van der Waals surface area contributed by atoms with Gasteiger partial charge in [-0.15, -0.1) is 11.3 Å². The second-order valence-electron chi connectivity index (χ2n) is 2.52. The largest absolute Gasteiger partial charge is 0.370 e. The second kappa shape index (κ2) is 5.23. The fourth-order valence-corrected chi connectivity index (χ4v) is 1.51. The Morgan fingerprint density at radius 3 is 2.86 bits per heavy atom. The van der Waals surface area contributed by atoms with E-state index < -0.39 is 0 Å². The molecule has 1 rings (SSSR count). The molecule has 0 aliphatic rings. The van der Waals surface area contributed by atoms with Crippen LogP contribution in [-0.2, 0) is 6.54 Å². The van der Waals surface area contributed by atoms with Crippen molar-refractivity contribution in [1.29, 1.82) is 0 Å². The van der Waals surface area contributed by atoms with E-state index in [1.807, 2.05) is 17.5 Å². The number of hydrogen-bond acceptors (Lipinski definition) is 2. The number of nitrogens with zero attached hydrogens (tertiary/aromatic N) is 2. The molecule has 0 fully saturated rings. The minimum atomic E-state index is 0.00396. The summed E-state index contributed by atoms with van der Waals surface area (Å²) >= 11 is 1.67. The zero-order chi connectivity index (χ0) is 10.4. The molecule has 0 aromatic carbocycles. The maximum Gasteiger partial charge on any atom is 0.221 e. The Hall–Kier alpha value is -1.56. The fraction of sp³-hybridized carbons (Fsp3) is 0.250. The molecule has 0 aliphatic carbocycles. The first-order valence-electron chi connectivity index (χ1n) is 4.05. The Balaban J connectivity index is 2.48. The van der Waals surface area contributed by atoms with Crippen LogP contribution in [0.1, 0.15) is 4.88 Å². The zero-order valence-corrected chi connectivity index (χ0v) is 8.71. The number of aliphatic imine (C=N–C) groups is 2. The lowest BCUT2D eigenvalue weighted by Crippen LogP contribution is -2.29. The molecule has 0 aliphatic heterocycles. The average molecular weight is 211 g/mol. The van der Waals surface area contributed by atoms with Gasteiger partial charge < -0.3 is 16.8 Å². The summed E-state index contributed by atoms with van der Waals surface area (Å²) in [5.74, 6) is 0.447. The molecule has 76 valence electrons. The molecule has 0 saturated heterocycles. The van der Waals surface area contributed by atoms with Crippen LogP contribution in [0.2, 0.25) is 0 Å². The molecule has 5 nitrogen and oxygen atoms in total. The van der Waals surface area contributed by atoms with Crippen molar-refractivity contribution in [2.75, 3.05) is 7.05 Å². The third-order valence-corrected chi connectivity index (χ3v) is 2.32. The van der Waals surface area contributed by atoms with E-state index in [1.54, 1.807) is 18.4 Å². The molecule has 0 saturated carbocycles. The van der Waals surface area contributed by atoms with Crippen LogP contribution in [0.25, 0.3) is 0 Å². The molecular formula is C8H13N5S. The third kappa shape index (κ3) is 3.44. The number of rotatable bonds is 2. The molecule has 0 spiro atoms. The van der Waals surface area contributed by atoms with Crippen molar-refractivity contribution in [2.45, 2.75) is 6.54 Å². The first-order chi connectivity index (χ1) is 6.72. The van der Waals surface area contributed by atoms with Crippen LogP contribution in [0, 0.1) is 0 Å². The Labute approximate surface area is 86.6 Å². The Kier molecular flexibility index (Phi) is 3.93. The number of thiophene rings is 1. The summed E-state index contributed by atoms with van der Waals surface area (Å²) < 4.78 is 0. The van der Waals surface area contributed by atoms with Gasteiger partial charge >= 0.3 is 0 Å². The Bertz CT molecular complexity index is 324. The van der Waals surface area contributed by atoms with Crippen molar-refractivity contribution in [3.8, 4) is 0 Å². The van der Waals surface area contributed by atoms with E-state index in [2.05, 4.69) is 15.3 Å². The minimum Gasteiger partial charge on any atom is -0.370 e. The fourth-order valence-electron chi connectivity index (χ4n) is 0.870. The quantitative estimate of drug-likeness (QED) is 0.478. The van der Waals surface area contributed by atoms with Crippen LogP contribution in [-0.4, -0.2) is 19.0 Å². The van der Waals surface area contributed by atoms with E-state index in [4.69, 9.17) is 11.5 Å². The summed E-state index contributed by atoms with van der Waals surface area (Å²) in [6.45, 7) is 0.682. The van der Waals surface area contributed by atoms with Crippen LogP contribution < -0.4 is 16.8 Å². The number of guanidine groups is 2. The van der Waals surface area contributed by atoms with Gasteiger partial charge in [0.2, 0.25) is 5.96 Å². The normalized spacial score (nSPS) is 11.1. The van der Waals surface area contributed by atoms with E-state index in [9.17, 15) is 0 Å². The van der Waals surface area contributed by atoms with Crippen molar-refractivity contribution in [3.63, 3.8) is 0 Å². The molecule has 1 heterocycles. The van der Waals surface area contributed by atoms with Crippen LogP contribution in [0.4, 0.5) is 0 Å². The van der Waals surface area contributed by atoms with E-state index in [1.165, 1.54) is 4.88 Å². The summed E-state index contributed by atoms with van der Waals surface area (Å²) in [4.78, 5) is 8.91. The molecule has 1 aromatic rings. The van der Waals surface area contributed by atoms with Crippen LogP contribution in [0.15, 0.2) is 27.5 Å². The SMILES string of the molecule is CN=C(N=C(N)N)NCc1cccs1. The van der Waals surface area contributed by atoms with Gasteiger partial charge in [-0.3, -0.25) is 4.99 Å². The monoisotopic (exact) mass is 211 g/mol. The predicted molar refractivity (Wildman–Crippen MR) is 60.3 cm³/mol. The van der Waals surface area contributed by atoms with Gasteiger partial charge in [-0.05, 0) is 11.4 Å². The number of nitrogens with two attached hydrogens (primary N) is 2. The summed E-state index contributed by atoms with van der Waals surface area (Å²) in [6, 6.07) is 4.02. The van der Waals surface area contributed by atoms with E-state index in [-0.39, 0.29) is 5.96 Å². The van der Waals surface area contributed by atoms with Crippen molar-refractivity contribution in [1.82, 2.24) is 5.32 Å². The van der Waals surface area contributed by atoms with Gasteiger partial charge in [-0.25, -0.2) is 0 Å². The van der Waals surface area contributed by atoms with Gasteiger partial charge in [-0.1, -0.05) is 6.07 Å². The number of hydrogen-bond donors (Lipinski definition) is 3. The van der Waals surface area contributed by atoms with Crippen molar-refractivity contribution < 1.29 is 0 Å². The smallest absolute Gasteiger partial charge is 0.221 e. The minimum absolute atomic E-state index is 0.00396. The average Bonchev–Trinajstić information content (AvgIpc) is 2.64. The lowest BCUT2D eigenvalue weighted by molar-refractivity contribution is 0.918. The summed E-state index contributed by atoms with van der Waals surface area (Å²) in [7, 11) is 1.63. The second-order valence-corrected chi connectivity index (χ2v) is 3.55. The highest BCUT2D eigenvalue weighted by molar-refractivity contribution is 7.09. The molecule has 0 atom stereocenters.